The van der Waals surface area contributed by atoms with Gasteiger partial charge in [0.25, 0.3) is 0 Å². The van der Waals surface area contributed by atoms with Gasteiger partial charge >= 0.3 is 36.4 Å². The zero-order chi connectivity index (χ0) is 40.4. The number of carbonyl (C=O) groups is 6. The van der Waals surface area contributed by atoms with Crippen molar-refractivity contribution in [3.63, 3.8) is 0 Å². The molecule has 0 spiro atoms. The van der Waals surface area contributed by atoms with E-state index in [2.05, 4.69) is 0 Å². The molecule has 2 atom stereocenters. The first-order chi connectivity index (χ1) is 26.4. The molecule has 0 unspecified atom stereocenters. The fraction of sp³-hybridized carbons (Fsp3) is 0.500. The Morgan fingerprint density at radius 3 is 1.42 bits per heavy atom. The smallest absolute Gasteiger partial charge is 0.466 e. The molecule has 0 fully saturated rings. The largest absolute Gasteiger partial charge is 0.513 e. The van der Waals surface area contributed by atoms with Gasteiger partial charge in [0.2, 0.25) is 0 Å². The monoisotopic (exact) mass is 772 g/mol. The van der Waals surface area contributed by atoms with Gasteiger partial charge in [0.15, 0.2) is 0 Å². The van der Waals surface area contributed by atoms with Gasteiger partial charge in [0.1, 0.15) is 29.5 Å². The van der Waals surface area contributed by atoms with Gasteiger partial charge in [0.05, 0.1) is 26.4 Å². The highest BCUT2D eigenvalue weighted by atomic mass is 16.7. The molecule has 15 nitrogen and oxygen atoms in total. The van der Waals surface area contributed by atoms with Crippen LogP contribution in [0.4, 0.5) is 14.4 Å². The van der Waals surface area contributed by atoms with Crippen LogP contribution in [0.2, 0.25) is 0 Å². The summed E-state index contributed by atoms with van der Waals surface area (Å²) in [5, 5.41) is 0. The third-order valence-electron chi connectivity index (χ3n) is 7.14. The van der Waals surface area contributed by atoms with Crippen molar-refractivity contribution in [3.8, 4) is 17.2 Å². The van der Waals surface area contributed by atoms with E-state index in [1.807, 2.05) is 20.8 Å². The van der Waals surface area contributed by atoms with Crippen molar-refractivity contribution in [3.05, 3.63) is 53.6 Å². The topological polar surface area (TPSA) is 185 Å². The molecule has 0 N–H and O–H groups in total. The van der Waals surface area contributed by atoms with Crippen molar-refractivity contribution >= 4 is 48.5 Å². The lowest BCUT2D eigenvalue weighted by atomic mass is 10.1. The number of rotatable bonds is 23. The Bertz CT molecular complexity index is 1550. The minimum atomic E-state index is -1.03. The molecule has 15 heteroatoms. The van der Waals surface area contributed by atoms with E-state index in [1.165, 1.54) is 18.2 Å². The van der Waals surface area contributed by atoms with Gasteiger partial charge in [-0.15, -0.1) is 0 Å². The molecule has 0 aromatic heterocycles. The molecule has 55 heavy (non-hydrogen) atoms. The molecule has 0 aliphatic rings. The summed E-state index contributed by atoms with van der Waals surface area (Å²) in [5.74, 6) is -0.739. The summed E-state index contributed by atoms with van der Waals surface area (Å²) in [7, 11) is 0. The zero-order valence-corrected chi connectivity index (χ0v) is 32.2. The second-order valence-corrected chi connectivity index (χ2v) is 12.2. The molecule has 2 aromatic carbocycles. The minimum Gasteiger partial charge on any atom is -0.466 e. The highest BCUT2D eigenvalue weighted by Crippen LogP contribution is 2.26. The fourth-order valence-corrected chi connectivity index (χ4v) is 4.41. The third-order valence-corrected chi connectivity index (χ3v) is 7.14. The maximum atomic E-state index is 12.5. The van der Waals surface area contributed by atoms with Crippen LogP contribution < -0.4 is 14.2 Å². The first-order valence-electron chi connectivity index (χ1n) is 18.4. The molecule has 0 amide bonds. The normalized spacial score (nSPS) is 11.8. The van der Waals surface area contributed by atoms with E-state index in [-0.39, 0.29) is 74.4 Å². The van der Waals surface area contributed by atoms with Crippen LogP contribution in [0.5, 0.6) is 17.2 Å². The number of ether oxygens (including phenoxy) is 9. The van der Waals surface area contributed by atoms with Crippen LogP contribution in [0.1, 0.15) is 104 Å². The van der Waals surface area contributed by atoms with Crippen molar-refractivity contribution in [1.29, 1.82) is 0 Å². The molecule has 0 aliphatic carbocycles. The van der Waals surface area contributed by atoms with Crippen molar-refractivity contribution in [1.82, 2.24) is 0 Å². The summed E-state index contributed by atoms with van der Waals surface area (Å²) in [6, 6.07) is 10.8. The molecule has 2 aromatic rings. The molecule has 0 radical (unpaired) electrons. The number of esters is 3. The van der Waals surface area contributed by atoms with Crippen LogP contribution in [0.3, 0.4) is 0 Å². The SMILES string of the molecule is CCCC(=O)OCCCOC(=O)Oc1cc(/C=C/c2ccc(OC(=O)OCC[C@@H](C)OC(=O)CCC)cc2)cc(OC(=O)OCC[C@@H](C)OC(=O)CCC)c1. The van der Waals surface area contributed by atoms with Gasteiger partial charge in [-0.05, 0) is 68.5 Å². The highest BCUT2D eigenvalue weighted by molar-refractivity contribution is 5.74. The Labute approximate surface area is 321 Å². The average molecular weight is 773 g/mol. The van der Waals surface area contributed by atoms with Crippen molar-refractivity contribution in [2.75, 3.05) is 26.4 Å². The predicted octanol–water partition coefficient (Wildman–Crippen LogP) is 8.38. The second-order valence-electron chi connectivity index (χ2n) is 12.2. The Morgan fingerprint density at radius 2 is 0.927 bits per heavy atom. The Balaban J connectivity index is 2.03. The Morgan fingerprint density at radius 1 is 0.509 bits per heavy atom. The summed E-state index contributed by atoms with van der Waals surface area (Å²) in [4.78, 5) is 71.8. The van der Waals surface area contributed by atoms with Crippen LogP contribution in [-0.2, 0) is 42.8 Å². The van der Waals surface area contributed by atoms with Crippen molar-refractivity contribution in [2.24, 2.45) is 0 Å². The Kier molecular flexibility index (Phi) is 21.7. The molecule has 0 bridgehead atoms. The molecule has 0 aliphatic heterocycles. The number of hydrogen-bond acceptors (Lipinski definition) is 15. The minimum absolute atomic E-state index is 0.00319. The van der Waals surface area contributed by atoms with E-state index >= 15 is 0 Å². The van der Waals surface area contributed by atoms with Gasteiger partial charge in [-0.25, -0.2) is 14.4 Å². The molecule has 0 saturated carbocycles. The molecule has 302 valence electrons. The average Bonchev–Trinajstić information content (AvgIpc) is 3.11. The maximum Gasteiger partial charge on any atom is 0.513 e. The van der Waals surface area contributed by atoms with Gasteiger partial charge in [-0.2, -0.15) is 0 Å². The van der Waals surface area contributed by atoms with Gasteiger partial charge in [0, 0.05) is 44.6 Å². The van der Waals surface area contributed by atoms with E-state index < -0.39 is 30.7 Å². The van der Waals surface area contributed by atoms with Gasteiger partial charge < -0.3 is 42.6 Å². The summed E-state index contributed by atoms with van der Waals surface area (Å²) in [6.07, 6.45) is 3.32. The lowest BCUT2D eigenvalue weighted by Crippen LogP contribution is -2.19. The van der Waals surface area contributed by atoms with Crippen molar-refractivity contribution in [2.45, 2.75) is 105 Å². The second kappa shape index (κ2) is 26.2. The van der Waals surface area contributed by atoms with E-state index in [9.17, 15) is 28.8 Å². The number of hydrogen-bond donors (Lipinski definition) is 0. The maximum absolute atomic E-state index is 12.5. The molecular weight excluding hydrogens is 720 g/mol. The zero-order valence-electron chi connectivity index (χ0n) is 32.2. The van der Waals surface area contributed by atoms with Crippen LogP contribution in [0.15, 0.2) is 42.5 Å². The molecule has 0 heterocycles. The predicted molar refractivity (Wildman–Crippen MR) is 198 cm³/mol. The van der Waals surface area contributed by atoms with E-state index in [1.54, 1.807) is 50.3 Å². The summed E-state index contributed by atoms with van der Waals surface area (Å²) >= 11 is 0. The summed E-state index contributed by atoms with van der Waals surface area (Å²) in [5.41, 5.74) is 1.16. The molecule has 0 saturated heterocycles. The summed E-state index contributed by atoms with van der Waals surface area (Å²) < 4.78 is 46.7. The van der Waals surface area contributed by atoms with Gasteiger partial charge in [-0.1, -0.05) is 45.1 Å². The highest BCUT2D eigenvalue weighted by Gasteiger charge is 2.15. The first kappa shape index (κ1) is 45.6. The third kappa shape index (κ3) is 21.0. The standard InChI is InChI=1S/C40H52O15/c1-6-10-35(41)47-21-9-22-48-38(44)54-33-25-31(26-34(27-33)55-40(46)50-24-20-29(5)52-37(43)12-8-3)14-13-30-15-17-32(18-16-30)53-39(45)49-23-19-28(4)51-36(42)11-7-2/h13-18,25-29H,6-12,19-24H2,1-5H3/b14-13+/t28-,29-/m1/s1. The van der Waals surface area contributed by atoms with Crippen LogP contribution in [-0.4, -0.2) is 75.0 Å². The first-order valence-corrected chi connectivity index (χ1v) is 18.4. The lowest BCUT2D eigenvalue weighted by molar-refractivity contribution is -0.149. The van der Waals surface area contributed by atoms with E-state index in [0.717, 1.165) is 0 Å². The van der Waals surface area contributed by atoms with Crippen LogP contribution in [0.25, 0.3) is 12.2 Å². The number of carbonyl (C=O) groups excluding carboxylic acids is 6. The lowest BCUT2D eigenvalue weighted by Gasteiger charge is -2.13. The van der Waals surface area contributed by atoms with Crippen LogP contribution in [0, 0.1) is 0 Å². The summed E-state index contributed by atoms with van der Waals surface area (Å²) in [6.45, 7) is 8.96. The quantitative estimate of drug-likeness (QED) is 0.0344. The molecular formula is C40H52O15. The van der Waals surface area contributed by atoms with Crippen LogP contribution >= 0.6 is 0 Å². The van der Waals surface area contributed by atoms with E-state index in [4.69, 9.17) is 42.6 Å². The van der Waals surface area contributed by atoms with Crippen molar-refractivity contribution < 1.29 is 71.4 Å². The molecule has 2 rings (SSSR count). The van der Waals surface area contributed by atoms with E-state index in [0.29, 0.717) is 56.1 Å². The fourth-order valence-electron chi connectivity index (χ4n) is 4.41. The Hall–Kier alpha value is -5.60. The number of benzene rings is 2. The van der Waals surface area contributed by atoms with Gasteiger partial charge in [-0.3, -0.25) is 14.4 Å².